The summed E-state index contributed by atoms with van der Waals surface area (Å²) in [6.07, 6.45) is 0.796. The fourth-order valence-electron chi connectivity index (χ4n) is 3.12. The van der Waals surface area contributed by atoms with E-state index in [0.29, 0.717) is 18.4 Å². The molecule has 1 aromatic rings. The van der Waals surface area contributed by atoms with Crippen LogP contribution < -0.4 is 5.32 Å². The second kappa shape index (κ2) is 6.98. The standard InChI is InChI=1S/C17H24N2O4/c1-10(2)19-11(3)7-14(12(19)4)15(20)9-23-17(22)13-5-6-16(21)18-8-13/h7,10,13H,5-6,8-9H2,1-4H3,(H,18,21)/t13-/m1/s1. The first-order valence-corrected chi connectivity index (χ1v) is 7.96. The van der Waals surface area contributed by atoms with E-state index in [1.165, 1.54) is 0 Å². The van der Waals surface area contributed by atoms with Crippen molar-refractivity contribution >= 4 is 17.7 Å². The van der Waals surface area contributed by atoms with Crippen molar-refractivity contribution in [2.45, 2.75) is 46.6 Å². The van der Waals surface area contributed by atoms with E-state index >= 15 is 0 Å². The van der Waals surface area contributed by atoms with Crippen LogP contribution in [-0.4, -0.2) is 35.4 Å². The third kappa shape index (κ3) is 3.81. The van der Waals surface area contributed by atoms with E-state index in [1.54, 1.807) is 0 Å². The Kier molecular flexibility index (Phi) is 5.23. The van der Waals surface area contributed by atoms with Crippen LogP contribution in [0.2, 0.25) is 0 Å². The number of ketones is 1. The van der Waals surface area contributed by atoms with Crippen LogP contribution in [0.4, 0.5) is 0 Å². The van der Waals surface area contributed by atoms with E-state index in [9.17, 15) is 14.4 Å². The van der Waals surface area contributed by atoms with Gasteiger partial charge in [-0.3, -0.25) is 14.4 Å². The van der Waals surface area contributed by atoms with E-state index < -0.39 is 5.97 Å². The number of piperidine rings is 1. The number of aryl methyl sites for hydroxylation is 1. The number of Topliss-reactive ketones (excluding diaryl/α,β-unsaturated/α-hetero) is 1. The smallest absolute Gasteiger partial charge is 0.311 e. The van der Waals surface area contributed by atoms with E-state index in [4.69, 9.17) is 4.74 Å². The predicted molar refractivity (Wildman–Crippen MR) is 85.3 cm³/mol. The SMILES string of the molecule is Cc1cc(C(=O)COC(=O)[C@@H]2CCC(=O)NC2)c(C)n1C(C)C. The highest BCUT2D eigenvalue weighted by atomic mass is 16.5. The summed E-state index contributed by atoms with van der Waals surface area (Å²) in [6.45, 7) is 8.01. The molecule has 0 aliphatic carbocycles. The van der Waals surface area contributed by atoms with Crippen molar-refractivity contribution in [1.82, 2.24) is 9.88 Å². The van der Waals surface area contributed by atoms with Crippen molar-refractivity contribution in [2.24, 2.45) is 5.92 Å². The molecule has 1 atom stereocenters. The summed E-state index contributed by atoms with van der Waals surface area (Å²) >= 11 is 0. The molecule has 1 fully saturated rings. The van der Waals surface area contributed by atoms with Crippen LogP contribution in [0.3, 0.4) is 0 Å². The first kappa shape index (κ1) is 17.2. The maximum absolute atomic E-state index is 12.3. The molecule has 0 radical (unpaired) electrons. The monoisotopic (exact) mass is 320 g/mol. The lowest BCUT2D eigenvalue weighted by atomic mass is 9.99. The molecule has 0 spiro atoms. The summed E-state index contributed by atoms with van der Waals surface area (Å²) in [5.41, 5.74) is 2.51. The molecule has 0 aromatic carbocycles. The van der Waals surface area contributed by atoms with Gasteiger partial charge in [-0.15, -0.1) is 0 Å². The van der Waals surface area contributed by atoms with E-state index in [2.05, 4.69) is 23.7 Å². The highest BCUT2D eigenvalue weighted by molar-refractivity contribution is 5.99. The Bertz CT molecular complexity index is 621. The molecule has 1 saturated heterocycles. The van der Waals surface area contributed by atoms with Crippen LogP contribution in [-0.2, 0) is 14.3 Å². The summed E-state index contributed by atoms with van der Waals surface area (Å²) in [5.74, 6) is -1.02. The van der Waals surface area contributed by atoms with Crippen LogP contribution in [0.25, 0.3) is 0 Å². The Morgan fingerprint density at radius 1 is 1.39 bits per heavy atom. The fraction of sp³-hybridized carbons (Fsp3) is 0.588. The van der Waals surface area contributed by atoms with Gasteiger partial charge in [0.25, 0.3) is 0 Å². The Balaban J connectivity index is 1.96. The van der Waals surface area contributed by atoms with Gasteiger partial charge in [-0.1, -0.05) is 0 Å². The molecule has 1 amide bonds. The number of aromatic nitrogens is 1. The number of rotatable bonds is 5. The number of carbonyl (C=O) groups excluding carboxylic acids is 3. The Morgan fingerprint density at radius 3 is 2.61 bits per heavy atom. The minimum Gasteiger partial charge on any atom is -0.457 e. The average molecular weight is 320 g/mol. The van der Waals surface area contributed by atoms with Crippen LogP contribution in [0.5, 0.6) is 0 Å². The summed E-state index contributed by atoms with van der Waals surface area (Å²) in [4.78, 5) is 35.4. The number of nitrogens with zero attached hydrogens (tertiary/aromatic N) is 1. The molecule has 2 heterocycles. The third-order valence-corrected chi connectivity index (χ3v) is 4.25. The molecule has 2 rings (SSSR count). The van der Waals surface area contributed by atoms with Gasteiger partial charge in [-0.2, -0.15) is 0 Å². The van der Waals surface area contributed by atoms with Crippen LogP contribution in [0.15, 0.2) is 6.07 Å². The number of carbonyl (C=O) groups is 3. The predicted octanol–water partition coefficient (Wildman–Crippen LogP) is 1.94. The zero-order valence-electron chi connectivity index (χ0n) is 14.1. The normalized spacial score (nSPS) is 18.0. The second-order valence-corrected chi connectivity index (χ2v) is 6.32. The zero-order chi connectivity index (χ0) is 17.1. The summed E-state index contributed by atoms with van der Waals surface area (Å²) in [5, 5.41) is 2.64. The molecule has 6 nitrogen and oxygen atoms in total. The maximum atomic E-state index is 12.3. The molecular weight excluding hydrogens is 296 g/mol. The third-order valence-electron chi connectivity index (χ3n) is 4.25. The largest absolute Gasteiger partial charge is 0.457 e. The lowest BCUT2D eigenvalue weighted by Gasteiger charge is -2.20. The van der Waals surface area contributed by atoms with Gasteiger partial charge in [0.2, 0.25) is 11.7 Å². The van der Waals surface area contributed by atoms with Crippen LogP contribution in [0, 0.1) is 19.8 Å². The second-order valence-electron chi connectivity index (χ2n) is 6.32. The number of ether oxygens (including phenoxy) is 1. The van der Waals surface area contributed by atoms with Crippen LogP contribution >= 0.6 is 0 Å². The number of hydrogen-bond acceptors (Lipinski definition) is 4. The number of amides is 1. The van der Waals surface area contributed by atoms with Crippen molar-refractivity contribution in [1.29, 1.82) is 0 Å². The lowest BCUT2D eigenvalue weighted by Crippen LogP contribution is -2.39. The molecule has 0 unspecified atom stereocenters. The van der Waals surface area contributed by atoms with Gasteiger partial charge < -0.3 is 14.6 Å². The zero-order valence-corrected chi connectivity index (χ0v) is 14.1. The molecule has 0 saturated carbocycles. The molecule has 126 valence electrons. The van der Waals surface area contributed by atoms with Gasteiger partial charge in [0, 0.05) is 36.0 Å². The van der Waals surface area contributed by atoms with E-state index in [-0.39, 0.29) is 36.8 Å². The summed E-state index contributed by atoms with van der Waals surface area (Å²) < 4.78 is 7.24. The highest BCUT2D eigenvalue weighted by Gasteiger charge is 2.27. The molecule has 6 heteroatoms. The van der Waals surface area contributed by atoms with Crippen LogP contribution in [0.1, 0.15) is 54.5 Å². The number of esters is 1. The molecule has 0 bridgehead atoms. The maximum Gasteiger partial charge on any atom is 0.311 e. The number of hydrogen-bond donors (Lipinski definition) is 1. The van der Waals surface area contributed by atoms with Crippen molar-refractivity contribution in [3.05, 3.63) is 23.0 Å². The average Bonchev–Trinajstić information content (AvgIpc) is 2.80. The molecule has 1 aliphatic heterocycles. The Hall–Kier alpha value is -2.11. The lowest BCUT2D eigenvalue weighted by molar-refractivity contribution is -0.148. The minimum atomic E-state index is -0.420. The Labute approximate surface area is 136 Å². The molecule has 1 N–H and O–H groups in total. The van der Waals surface area contributed by atoms with Crippen molar-refractivity contribution in [2.75, 3.05) is 13.2 Å². The minimum absolute atomic E-state index is 0.0498. The first-order chi connectivity index (χ1) is 10.8. The number of nitrogens with one attached hydrogen (secondary N) is 1. The molecule has 1 aromatic heterocycles. The first-order valence-electron chi connectivity index (χ1n) is 7.96. The van der Waals surface area contributed by atoms with Gasteiger partial charge in [-0.05, 0) is 40.2 Å². The van der Waals surface area contributed by atoms with Gasteiger partial charge in [0.1, 0.15) is 0 Å². The summed E-state index contributed by atoms with van der Waals surface area (Å²) in [6, 6.07) is 2.11. The topological polar surface area (TPSA) is 77.4 Å². The Morgan fingerprint density at radius 2 is 2.09 bits per heavy atom. The van der Waals surface area contributed by atoms with Gasteiger partial charge in [-0.25, -0.2) is 0 Å². The highest BCUT2D eigenvalue weighted by Crippen LogP contribution is 2.21. The summed E-state index contributed by atoms with van der Waals surface area (Å²) in [7, 11) is 0. The fourth-order valence-corrected chi connectivity index (χ4v) is 3.12. The molecule has 1 aliphatic rings. The van der Waals surface area contributed by atoms with E-state index in [1.807, 2.05) is 19.9 Å². The quantitative estimate of drug-likeness (QED) is 0.664. The van der Waals surface area contributed by atoms with Crippen molar-refractivity contribution in [3.63, 3.8) is 0 Å². The van der Waals surface area contributed by atoms with Gasteiger partial charge >= 0.3 is 5.97 Å². The van der Waals surface area contributed by atoms with Crippen molar-refractivity contribution in [3.8, 4) is 0 Å². The molecule has 23 heavy (non-hydrogen) atoms. The van der Waals surface area contributed by atoms with Crippen molar-refractivity contribution < 1.29 is 19.1 Å². The molecular formula is C17H24N2O4. The van der Waals surface area contributed by atoms with Gasteiger partial charge in [0.15, 0.2) is 6.61 Å². The van der Waals surface area contributed by atoms with Gasteiger partial charge in [0.05, 0.1) is 5.92 Å². The van der Waals surface area contributed by atoms with E-state index in [0.717, 1.165) is 11.4 Å².